The first kappa shape index (κ1) is 22.0. The molecule has 0 radical (unpaired) electrons. The Morgan fingerprint density at radius 3 is 2.38 bits per heavy atom. The Hall–Kier alpha value is -3.24. The van der Waals surface area contributed by atoms with Crippen molar-refractivity contribution in [3.05, 3.63) is 106 Å². The lowest BCUT2D eigenvalue weighted by Crippen LogP contribution is -2.36. The summed E-state index contributed by atoms with van der Waals surface area (Å²) in [6.45, 7) is 7.34. The van der Waals surface area contributed by atoms with Crippen molar-refractivity contribution in [1.82, 2.24) is 9.91 Å². The molecule has 0 saturated heterocycles. The zero-order valence-corrected chi connectivity index (χ0v) is 19.4. The molecular formula is C28H31N3O. The number of hydrogen-bond acceptors (Lipinski definition) is 3. The molecular weight excluding hydrogens is 394 g/mol. The lowest BCUT2D eigenvalue weighted by Gasteiger charge is -2.26. The SMILES string of the molecule is Cc1ccc(C2=NN(C(=O)CN(C)Cc3ccccc3)[C@H](c3cc(C)ccc3C)C2)cc1. The number of nitrogens with zero attached hydrogens (tertiary/aromatic N) is 3. The molecule has 0 fully saturated rings. The number of hydrazone groups is 1. The molecule has 0 saturated carbocycles. The van der Waals surface area contributed by atoms with Crippen molar-refractivity contribution < 1.29 is 4.79 Å². The fourth-order valence-corrected chi connectivity index (χ4v) is 4.28. The maximum Gasteiger partial charge on any atom is 0.257 e. The van der Waals surface area contributed by atoms with E-state index in [1.807, 2.05) is 25.2 Å². The van der Waals surface area contributed by atoms with Gasteiger partial charge in [0.2, 0.25) is 0 Å². The zero-order valence-electron chi connectivity index (χ0n) is 19.4. The van der Waals surface area contributed by atoms with E-state index in [2.05, 4.69) is 80.3 Å². The van der Waals surface area contributed by atoms with E-state index in [1.54, 1.807) is 5.01 Å². The highest BCUT2D eigenvalue weighted by molar-refractivity contribution is 6.03. The fourth-order valence-electron chi connectivity index (χ4n) is 4.28. The number of rotatable bonds is 6. The normalized spacial score (nSPS) is 15.8. The van der Waals surface area contributed by atoms with Gasteiger partial charge in [0.1, 0.15) is 0 Å². The van der Waals surface area contributed by atoms with Crippen LogP contribution in [0.1, 0.15) is 45.8 Å². The van der Waals surface area contributed by atoms with Crippen LogP contribution in [0.2, 0.25) is 0 Å². The number of amides is 1. The summed E-state index contributed by atoms with van der Waals surface area (Å²) in [5.41, 5.74) is 8.02. The van der Waals surface area contributed by atoms with Gasteiger partial charge in [0.25, 0.3) is 5.91 Å². The summed E-state index contributed by atoms with van der Waals surface area (Å²) in [7, 11) is 1.98. The summed E-state index contributed by atoms with van der Waals surface area (Å²) in [5, 5.41) is 6.57. The molecule has 1 amide bonds. The van der Waals surface area contributed by atoms with Gasteiger partial charge in [-0.05, 0) is 50.1 Å². The Balaban J connectivity index is 1.60. The average Bonchev–Trinajstić information content (AvgIpc) is 3.22. The molecule has 0 spiro atoms. The van der Waals surface area contributed by atoms with Gasteiger partial charge in [0.05, 0.1) is 18.3 Å². The number of benzene rings is 3. The quantitative estimate of drug-likeness (QED) is 0.529. The predicted octanol–water partition coefficient (Wildman–Crippen LogP) is 5.42. The van der Waals surface area contributed by atoms with Crippen molar-refractivity contribution in [3.63, 3.8) is 0 Å². The van der Waals surface area contributed by atoms with Crippen LogP contribution < -0.4 is 0 Å². The van der Waals surface area contributed by atoms with E-state index in [-0.39, 0.29) is 11.9 Å². The van der Waals surface area contributed by atoms with Gasteiger partial charge in [-0.2, -0.15) is 5.10 Å². The van der Waals surface area contributed by atoms with Crippen molar-refractivity contribution >= 4 is 11.6 Å². The summed E-state index contributed by atoms with van der Waals surface area (Å²) in [4.78, 5) is 15.5. The minimum atomic E-state index is -0.0798. The van der Waals surface area contributed by atoms with Gasteiger partial charge in [-0.25, -0.2) is 5.01 Å². The Labute approximate surface area is 191 Å². The molecule has 0 aromatic heterocycles. The monoisotopic (exact) mass is 425 g/mol. The van der Waals surface area contributed by atoms with Crippen LogP contribution >= 0.6 is 0 Å². The molecule has 0 unspecified atom stereocenters. The molecule has 1 atom stereocenters. The molecule has 3 aromatic carbocycles. The first-order valence-corrected chi connectivity index (χ1v) is 11.2. The Bertz CT molecular complexity index is 1120. The van der Waals surface area contributed by atoms with Crippen molar-refractivity contribution in [2.45, 2.75) is 39.8 Å². The van der Waals surface area contributed by atoms with Gasteiger partial charge in [-0.15, -0.1) is 0 Å². The molecule has 1 aliphatic heterocycles. The second-order valence-corrected chi connectivity index (χ2v) is 8.89. The highest BCUT2D eigenvalue weighted by atomic mass is 16.2. The maximum atomic E-state index is 13.4. The van der Waals surface area contributed by atoms with Crippen molar-refractivity contribution in [1.29, 1.82) is 0 Å². The molecule has 0 aliphatic carbocycles. The standard InChI is InChI=1S/C28H31N3O/c1-20-11-14-24(15-12-20)26-17-27(25-16-21(2)10-13-22(25)3)31(29-26)28(32)19-30(4)18-23-8-6-5-7-9-23/h5-16,27H,17-19H2,1-4H3/t27-/m0/s1. The average molecular weight is 426 g/mol. The topological polar surface area (TPSA) is 35.9 Å². The van der Waals surface area contributed by atoms with E-state index in [1.165, 1.54) is 27.8 Å². The Morgan fingerprint density at radius 1 is 0.969 bits per heavy atom. The predicted molar refractivity (Wildman–Crippen MR) is 131 cm³/mol. The van der Waals surface area contributed by atoms with Crippen LogP contribution in [0.3, 0.4) is 0 Å². The highest BCUT2D eigenvalue weighted by Gasteiger charge is 2.34. The first-order valence-electron chi connectivity index (χ1n) is 11.2. The van der Waals surface area contributed by atoms with Gasteiger partial charge in [-0.1, -0.05) is 83.9 Å². The van der Waals surface area contributed by atoms with Crippen LogP contribution in [0.5, 0.6) is 0 Å². The molecule has 4 heteroatoms. The molecule has 0 N–H and O–H groups in total. The summed E-state index contributed by atoms with van der Waals surface area (Å²) >= 11 is 0. The second-order valence-electron chi connectivity index (χ2n) is 8.89. The smallest absolute Gasteiger partial charge is 0.257 e. The van der Waals surface area contributed by atoms with E-state index in [0.717, 1.165) is 24.2 Å². The third kappa shape index (κ3) is 4.97. The van der Waals surface area contributed by atoms with E-state index in [4.69, 9.17) is 5.10 Å². The molecule has 1 aliphatic rings. The number of aryl methyl sites for hydroxylation is 3. The van der Waals surface area contributed by atoms with Gasteiger partial charge in [-0.3, -0.25) is 9.69 Å². The van der Waals surface area contributed by atoms with Gasteiger partial charge < -0.3 is 0 Å². The Morgan fingerprint density at radius 2 is 1.66 bits per heavy atom. The maximum absolute atomic E-state index is 13.4. The van der Waals surface area contributed by atoms with Gasteiger partial charge >= 0.3 is 0 Å². The molecule has 0 bridgehead atoms. The van der Waals surface area contributed by atoms with Crippen LogP contribution in [0.15, 0.2) is 77.9 Å². The summed E-state index contributed by atoms with van der Waals surface area (Å²) < 4.78 is 0. The van der Waals surface area contributed by atoms with E-state index in [0.29, 0.717) is 6.54 Å². The minimum absolute atomic E-state index is 0.0245. The van der Waals surface area contributed by atoms with Crippen LogP contribution in [-0.4, -0.2) is 35.1 Å². The first-order chi connectivity index (χ1) is 15.4. The van der Waals surface area contributed by atoms with Gasteiger partial charge in [0, 0.05) is 13.0 Å². The van der Waals surface area contributed by atoms with E-state index >= 15 is 0 Å². The second kappa shape index (κ2) is 9.49. The number of hydrogen-bond donors (Lipinski definition) is 0. The number of carbonyl (C=O) groups is 1. The lowest BCUT2D eigenvalue weighted by atomic mass is 9.93. The number of likely N-dealkylation sites (N-methyl/N-ethyl adjacent to an activating group) is 1. The zero-order chi connectivity index (χ0) is 22.7. The van der Waals surface area contributed by atoms with Crippen LogP contribution in [0.25, 0.3) is 0 Å². The lowest BCUT2D eigenvalue weighted by molar-refractivity contribution is -0.134. The molecule has 4 nitrogen and oxygen atoms in total. The third-order valence-corrected chi connectivity index (χ3v) is 6.04. The Kier molecular flexibility index (Phi) is 6.52. The highest BCUT2D eigenvalue weighted by Crippen LogP contribution is 2.35. The molecule has 4 rings (SSSR count). The number of carbonyl (C=O) groups excluding carboxylic acids is 1. The van der Waals surface area contributed by atoms with Crippen LogP contribution in [0, 0.1) is 20.8 Å². The molecule has 164 valence electrons. The fraction of sp³-hybridized carbons (Fsp3) is 0.286. The molecule has 3 aromatic rings. The summed E-state index contributed by atoms with van der Waals surface area (Å²) in [5.74, 6) is 0.0245. The third-order valence-electron chi connectivity index (χ3n) is 6.04. The minimum Gasteiger partial charge on any atom is -0.293 e. The van der Waals surface area contributed by atoms with Crippen LogP contribution in [-0.2, 0) is 11.3 Å². The van der Waals surface area contributed by atoms with Crippen molar-refractivity contribution in [2.24, 2.45) is 5.10 Å². The molecule has 1 heterocycles. The van der Waals surface area contributed by atoms with E-state index in [9.17, 15) is 4.79 Å². The van der Waals surface area contributed by atoms with Crippen molar-refractivity contribution in [3.8, 4) is 0 Å². The van der Waals surface area contributed by atoms with Crippen molar-refractivity contribution in [2.75, 3.05) is 13.6 Å². The summed E-state index contributed by atoms with van der Waals surface area (Å²) in [6.07, 6.45) is 0.724. The summed E-state index contributed by atoms with van der Waals surface area (Å²) in [6, 6.07) is 25.0. The largest absolute Gasteiger partial charge is 0.293 e. The molecule has 32 heavy (non-hydrogen) atoms. The van der Waals surface area contributed by atoms with Crippen LogP contribution in [0.4, 0.5) is 0 Å². The van der Waals surface area contributed by atoms with E-state index < -0.39 is 0 Å². The van der Waals surface area contributed by atoms with Gasteiger partial charge in [0.15, 0.2) is 0 Å².